The summed E-state index contributed by atoms with van der Waals surface area (Å²) in [6.45, 7) is 0.661. The maximum absolute atomic E-state index is 11.0. The molecule has 0 spiro atoms. The number of imidazole rings is 1. The molecule has 12 heavy (non-hydrogen) atoms. The van der Waals surface area contributed by atoms with Crippen molar-refractivity contribution >= 4 is 6.09 Å². The minimum Gasteiger partial charge on any atom is -0.446 e. The van der Waals surface area contributed by atoms with Crippen LogP contribution in [0, 0.1) is 0 Å². The molecule has 0 fully saturated rings. The van der Waals surface area contributed by atoms with E-state index < -0.39 is 6.09 Å². The summed E-state index contributed by atoms with van der Waals surface area (Å²) in [5.74, 6) is 0. The Bertz CT molecular complexity index is 233. The number of hydrogen-bond donors (Lipinski definition) is 0. The quantitative estimate of drug-likeness (QED) is 0.620. The number of methoxy groups -OCH3 is 1. The third kappa shape index (κ3) is 2.35. The Labute approximate surface area is 69.9 Å². The van der Waals surface area contributed by atoms with Crippen molar-refractivity contribution in [2.24, 2.45) is 0 Å². The van der Waals surface area contributed by atoms with Crippen molar-refractivity contribution in [1.29, 1.82) is 0 Å². The van der Waals surface area contributed by atoms with Crippen LogP contribution in [0.4, 0.5) is 4.79 Å². The van der Waals surface area contributed by atoms with Gasteiger partial charge in [0.05, 0.1) is 6.61 Å². The van der Waals surface area contributed by atoms with Gasteiger partial charge in [-0.15, -0.1) is 0 Å². The van der Waals surface area contributed by atoms with Crippen LogP contribution in [0.2, 0.25) is 0 Å². The minimum absolute atomic E-state index is 0.257. The third-order valence-corrected chi connectivity index (χ3v) is 1.23. The summed E-state index contributed by atoms with van der Waals surface area (Å²) in [6.07, 6.45) is 3.98. The second kappa shape index (κ2) is 4.50. The lowest BCUT2D eigenvalue weighted by Crippen LogP contribution is -2.14. The Morgan fingerprint density at radius 1 is 1.58 bits per heavy atom. The smallest absolute Gasteiger partial charge is 0.419 e. The summed E-state index contributed by atoms with van der Waals surface area (Å²) < 4.78 is 10.8. The van der Waals surface area contributed by atoms with E-state index in [0.717, 1.165) is 0 Å². The van der Waals surface area contributed by atoms with Crippen LogP contribution in [-0.4, -0.2) is 36.0 Å². The average molecular weight is 170 g/mol. The van der Waals surface area contributed by atoms with E-state index in [1.165, 1.54) is 23.3 Å². The van der Waals surface area contributed by atoms with E-state index in [4.69, 9.17) is 9.47 Å². The molecule has 5 heteroatoms. The molecule has 1 aromatic rings. The molecule has 1 heterocycles. The van der Waals surface area contributed by atoms with Crippen LogP contribution < -0.4 is 0 Å². The van der Waals surface area contributed by atoms with Crippen molar-refractivity contribution in [1.82, 2.24) is 9.55 Å². The van der Waals surface area contributed by atoms with E-state index in [1.54, 1.807) is 7.11 Å². The van der Waals surface area contributed by atoms with E-state index >= 15 is 0 Å². The molecule has 0 atom stereocenters. The van der Waals surface area contributed by atoms with Gasteiger partial charge in [0, 0.05) is 19.5 Å². The first kappa shape index (κ1) is 8.73. The summed E-state index contributed by atoms with van der Waals surface area (Å²) in [6, 6.07) is 0. The highest BCUT2D eigenvalue weighted by Crippen LogP contribution is 1.89. The lowest BCUT2D eigenvalue weighted by Gasteiger charge is -2.02. The molecule has 0 saturated carbocycles. The summed E-state index contributed by atoms with van der Waals surface area (Å²) >= 11 is 0. The SMILES string of the molecule is COCCOC(=O)n1ccnc1. The van der Waals surface area contributed by atoms with Gasteiger partial charge < -0.3 is 9.47 Å². The number of carbonyl (C=O) groups is 1. The lowest BCUT2D eigenvalue weighted by atomic mass is 10.8. The molecule has 66 valence electrons. The Morgan fingerprint density at radius 2 is 2.42 bits per heavy atom. The first-order valence-corrected chi connectivity index (χ1v) is 3.48. The molecule has 0 aliphatic rings. The van der Waals surface area contributed by atoms with Crippen LogP contribution in [0.25, 0.3) is 0 Å². The van der Waals surface area contributed by atoms with Crippen LogP contribution >= 0.6 is 0 Å². The van der Waals surface area contributed by atoms with E-state index in [9.17, 15) is 4.79 Å². The van der Waals surface area contributed by atoms with Crippen molar-refractivity contribution in [3.8, 4) is 0 Å². The van der Waals surface area contributed by atoms with Gasteiger partial charge in [-0.3, -0.25) is 0 Å². The molecule has 0 saturated heterocycles. The first-order chi connectivity index (χ1) is 5.84. The van der Waals surface area contributed by atoms with Crippen LogP contribution in [0.3, 0.4) is 0 Å². The highest BCUT2D eigenvalue weighted by atomic mass is 16.6. The fourth-order valence-electron chi connectivity index (χ4n) is 0.654. The standard InChI is InChI=1S/C7H10N2O3/c1-11-4-5-12-7(10)9-3-2-8-6-9/h2-3,6H,4-5H2,1H3. The second-order valence-corrected chi connectivity index (χ2v) is 2.08. The third-order valence-electron chi connectivity index (χ3n) is 1.23. The summed E-state index contributed by atoms with van der Waals surface area (Å²) in [5, 5.41) is 0. The van der Waals surface area contributed by atoms with Gasteiger partial charge in [0.15, 0.2) is 0 Å². The highest BCUT2D eigenvalue weighted by Gasteiger charge is 2.02. The monoisotopic (exact) mass is 170 g/mol. The fraction of sp³-hybridized carbons (Fsp3) is 0.429. The van der Waals surface area contributed by atoms with Crippen LogP contribution in [0.5, 0.6) is 0 Å². The molecule has 0 N–H and O–H groups in total. The van der Waals surface area contributed by atoms with Gasteiger partial charge in [-0.25, -0.2) is 14.3 Å². The molecule has 0 aliphatic carbocycles. The zero-order chi connectivity index (χ0) is 8.81. The molecule has 0 bridgehead atoms. The molecule has 0 aromatic carbocycles. The van der Waals surface area contributed by atoms with E-state index in [2.05, 4.69) is 4.98 Å². The largest absolute Gasteiger partial charge is 0.446 e. The van der Waals surface area contributed by atoms with Crippen LogP contribution in [0.1, 0.15) is 0 Å². The predicted molar refractivity (Wildman–Crippen MR) is 40.8 cm³/mol. The summed E-state index contributed by atoms with van der Waals surface area (Å²) in [4.78, 5) is 14.7. The van der Waals surface area contributed by atoms with Gasteiger partial charge in [-0.2, -0.15) is 0 Å². The van der Waals surface area contributed by atoms with Gasteiger partial charge in [0.25, 0.3) is 0 Å². The molecule has 0 unspecified atom stereocenters. The Kier molecular flexibility index (Phi) is 3.28. The van der Waals surface area contributed by atoms with Crippen LogP contribution in [-0.2, 0) is 9.47 Å². The maximum Gasteiger partial charge on any atom is 0.419 e. The van der Waals surface area contributed by atoms with Crippen molar-refractivity contribution < 1.29 is 14.3 Å². The number of nitrogens with zero attached hydrogens (tertiary/aromatic N) is 2. The predicted octanol–water partition coefficient (Wildman–Crippen LogP) is 0.514. The molecule has 0 amide bonds. The van der Waals surface area contributed by atoms with Gasteiger partial charge in [0.2, 0.25) is 0 Å². The number of hydrogen-bond acceptors (Lipinski definition) is 4. The van der Waals surface area contributed by atoms with E-state index in [-0.39, 0.29) is 6.61 Å². The van der Waals surface area contributed by atoms with Gasteiger partial charge in [0.1, 0.15) is 12.9 Å². The van der Waals surface area contributed by atoms with Crippen LogP contribution in [0.15, 0.2) is 18.7 Å². The maximum atomic E-state index is 11.0. The van der Waals surface area contributed by atoms with E-state index in [1.807, 2.05) is 0 Å². The Hall–Kier alpha value is -1.36. The molecular formula is C7H10N2O3. The van der Waals surface area contributed by atoms with Crippen molar-refractivity contribution in [3.05, 3.63) is 18.7 Å². The molecular weight excluding hydrogens is 160 g/mol. The average Bonchev–Trinajstić information content (AvgIpc) is 2.56. The number of carbonyl (C=O) groups excluding carboxylic acids is 1. The van der Waals surface area contributed by atoms with Crippen molar-refractivity contribution in [3.63, 3.8) is 0 Å². The Balaban J connectivity index is 2.30. The second-order valence-electron chi connectivity index (χ2n) is 2.08. The molecule has 0 radical (unpaired) electrons. The Morgan fingerprint density at radius 3 is 3.00 bits per heavy atom. The summed E-state index contributed by atoms with van der Waals surface area (Å²) in [5.41, 5.74) is 0. The number of aromatic nitrogens is 2. The van der Waals surface area contributed by atoms with E-state index in [0.29, 0.717) is 6.61 Å². The molecule has 5 nitrogen and oxygen atoms in total. The zero-order valence-corrected chi connectivity index (χ0v) is 6.77. The van der Waals surface area contributed by atoms with Gasteiger partial charge >= 0.3 is 6.09 Å². The minimum atomic E-state index is -0.440. The number of rotatable bonds is 3. The van der Waals surface area contributed by atoms with Gasteiger partial charge in [-0.1, -0.05) is 0 Å². The number of ether oxygens (including phenoxy) is 2. The zero-order valence-electron chi connectivity index (χ0n) is 6.77. The first-order valence-electron chi connectivity index (χ1n) is 3.48. The van der Waals surface area contributed by atoms with Crippen molar-refractivity contribution in [2.75, 3.05) is 20.3 Å². The highest BCUT2D eigenvalue weighted by molar-refractivity contribution is 5.69. The topological polar surface area (TPSA) is 53.4 Å². The van der Waals surface area contributed by atoms with Crippen molar-refractivity contribution in [2.45, 2.75) is 0 Å². The molecule has 1 rings (SSSR count). The van der Waals surface area contributed by atoms with Gasteiger partial charge in [-0.05, 0) is 0 Å². The normalized spacial score (nSPS) is 9.75. The lowest BCUT2D eigenvalue weighted by molar-refractivity contribution is 0.0994. The summed E-state index contributed by atoms with van der Waals surface area (Å²) in [7, 11) is 1.55. The fourth-order valence-corrected chi connectivity index (χ4v) is 0.654. The molecule has 1 aromatic heterocycles. The molecule has 0 aliphatic heterocycles.